The average molecular weight is 297 g/mol. The molecule has 1 amide bonds. The second-order valence-electron chi connectivity index (χ2n) is 4.70. The molecule has 7 heteroatoms. The van der Waals surface area contributed by atoms with Crippen LogP contribution in [0.25, 0.3) is 11.5 Å². The van der Waals surface area contributed by atoms with Gasteiger partial charge in [0.15, 0.2) is 11.5 Å². The number of H-pyrrole nitrogens is 1. The molecule has 0 spiro atoms. The van der Waals surface area contributed by atoms with Crippen LogP contribution in [0.5, 0.6) is 0 Å². The van der Waals surface area contributed by atoms with Crippen molar-refractivity contribution in [3.63, 3.8) is 0 Å². The molecule has 0 saturated carbocycles. The molecule has 0 aromatic carbocycles. The van der Waals surface area contributed by atoms with Gasteiger partial charge < -0.3 is 14.6 Å². The van der Waals surface area contributed by atoms with Gasteiger partial charge in [0.05, 0.1) is 6.26 Å². The van der Waals surface area contributed by atoms with E-state index < -0.39 is 0 Å². The first-order valence-electron chi connectivity index (χ1n) is 6.36. The number of carbonyl (C=O) groups excluding carboxylic acids is 1. The standard InChI is InChI=1S/C13H16N4O2.ClH/c1-9-8-14-4-5-17(9)13(18)11-7-10(15-16-11)12-3-2-6-19-12;/h2-3,6-7,9,14H,4-5,8H2,1H3,(H,15,16);1H. The van der Waals surface area contributed by atoms with Gasteiger partial charge in [0.2, 0.25) is 0 Å². The van der Waals surface area contributed by atoms with Gasteiger partial charge in [0.1, 0.15) is 5.69 Å². The lowest BCUT2D eigenvalue weighted by Gasteiger charge is -2.33. The van der Waals surface area contributed by atoms with E-state index in [2.05, 4.69) is 15.5 Å². The molecule has 0 bridgehead atoms. The molecule has 6 nitrogen and oxygen atoms in total. The van der Waals surface area contributed by atoms with E-state index in [9.17, 15) is 4.79 Å². The molecule has 0 aliphatic carbocycles. The predicted molar refractivity (Wildman–Crippen MR) is 76.9 cm³/mol. The maximum absolute atomic E-state index is 12.4. The number of aromatic nitrogens is 2. The Labute approximate surface area is 122 Å². The van der Waals surface area contributed by atoms with E-state index in [4.69, 9.17) is 4.42 Å². The first kappa shape index (κ1) is 14.6. The zero-order chi connectivity index (χ0) is 13.2. The van der Waals surface area contributed by atoms with Crippen LogP contribution in [0.4, 0.5) is 0 Å². The van der Waals surface area contributed by atoms with Crippen molar-refractivity contribution in [3.8, 4) is 11.5 Å². The van der Waals surface area contributed by atoms with Crippen LogP contribution in [0, 0.1) is 0 Å². The molecule has 2 N–H and O–H groups in total. The number of nitrogens with one attached hydrogen (secondary N) is 2. The van der Waals surface area contributed by atoms with Crippen LogP contribution in [0.2, 0.25) is 0 Å². The number of aromatic amines is 1. The fourth-order valence-corrected chi connectivity index (χ4v) is 2.28. The third-order valence-corrected chi connectivity index (χ3v) is 3.35. The van der Waals surface area contributed by atoms with E-state index in [0.29, 0.717) is 18.0 Å². The lowest BCUT2D eigenvalue weighted by molar-refractivity contribution is 0.0649. The van der Waals surface area contributed by atoms with Gasteiger partial charge in [-0.2, -0.15) is 5.10 Å². The Balaban J connectivity index is 0.00000147. The molecule has 0 radical (unpaired) electrons. The highest BCUT2D eigenvalue weighted by Gasteiger charge is 2.25. The van der Waals surface area contributed by atoms with Crippen molar-refractivity contribution in [2.75, 3.05) is 19.6 Å². The van der Waals surface area contributed by atoms with Gasteiger partial charge in [-0.15, -0.1) is 12.4 Å². The number of nitrogens with zero attached hydrogens (tertiary/aromatic N) is 2. The summed E-state index contributed by atoms with van der Waals surface area (Å²) < 4.78 is 5.27. The van der Waals surface area contributed by atoms with Crippen LogP contribution in [0.15, 0.2) is 28.9 Å². The SMILES string of the molecule is CC1CNCCN1C(=O)c1cc(-c2ccco2)[nH]n1.Cl. The van der Waals surface area contributed by atoms with Gasteiger partial charge in [-0.3, -0.25) is 9.89 Å². The van der Waals surface area contributed by atoms with Crippen molar-refractivity contribution in [2.24, 2.45) is 0 Å². The Morgan fingerprint density at radius 1 is 1.55 bits per heavy atom. The van der Waals surface area contributed by atoms with Crippen molar-refractivity contribution in [1.82, 2.24) is 20.4 Å². The fraction of sp³-hybridized carbons (Fsp3) is 0.385. The van der Waals surface area contributed by atoms with Gasteiger partial charge in [0.25, 0.3) is 5.91 Å². The van der Waals surface area contributed by atoms with Gasteiger partial charge in [-0.1, -0.05) is 0 Å². The minimum atomic E-state index is -0.0388. The summed E-state index contributed by atoms with van der Waals surface area (Å²) in [6.45, 7) is 4.39. The molecule has 2 aromatic heterocycles. The van der Waals surface area contributed by atoms with Crippen LogP contribution in [0.1, 0.15) is 17.4 Å². The fourth-order valence-electron chi connectivity index (χ4n) is 2.28. The van der Waals surface area contributed by atoms with Crippen molar-refractivity contribution in [1.29, 1.82) is 0 Å². The smallest absolute Gasteiger partial charge is 0.274 e. The van der Waals surface area contributed by atoms with Gasteiger partial charge in [-0.25, -0.2) is 0 Å². The number of hydrogen-bond acceptors (Lipinski definition) is 4. The van der Waals surface area contributed by atoms with Crippen molar-refractivity contribution in [2.45, 2.75) is 13.0 Å². The van der Waals surface area contributed by atoms with Crippen LogP contribution in [-0.4, -0.2) is 46.7 Å². The van der Waals surface area contributed by atoms with E-state index in [-0.39, 0.29) is 24.4 Å². The minimum absolute atomic E-state index is 0. The van der Waals surface area contributed by atoms with E-state index >= 15 is 0 Å². The van der Waals surface area contributed by atoms with Gasteiger partial charge in [0, 0.05) is 31.7 Å². The molecule has 1 fully saturated rings. The number of amides is 1. The monoisotopic (exact) mass is 296 g/mol. The summed E-state index contributed by atoms with van der Waals surface area (Å²) in [5.41, 5.74) is 1.15. The summed E-state index contributed by atoms with van der Waals surface area (Å²) in [6, 6.07) is 5.55. The Morgan fingerprint density at radius 3 is 3.10 bits per heavy atom. The molecular weight excluding hydrogens is 280 g/mol. The Morgan fingerprint density at radius 2 is 2.40 bits per heavy atom. The largest absolute Gasteiger partial charge is 0.463 e. The highest BCUT2D eigenvalue weighted by atomic mass is 35.5. The van der Waals surface area contributed by atoms with Crippen molar-refractivity contribution in [3.05, 3.63) is 30.2 Å². The summed E-state index contributed by atoms with van der Waals surface area (Å²) in [5, 5.41) is 10.2. The Hall–Kier alpha value is -1.79. The maximum Gasteiger partial charge on any atom is 0.274 e. The highest BCUT2D eigenvalue weighted by Crippen LogP contribution is 2.19. The quantitative estimate of drug-likeness (QED) is 0.881. The summed E-state index contributed by atoms with van der Waals surface area (Å²) >= 11 is 0. The molecule has 1 unspecified atom stereocenters. The summed E-state index contributed by atoms with van der Waals surface area (Å²) in [5.74, 6) is 0.642. The summed E-state index contributed by atoms with van der Waals surface area (Å²) in [4.78, 5) is 14.2. The van der Waals surface area contributed by atoms with Gasteiger partial charge >= 0.3 is 0 Å². The molecule has 3 heterocycles. The number of rotatable bonds is 2. The predicted octanol–water partition coefficient (Wildman–Crippen LogP) is 1.53. The Bertz CT molecular complexity index is 567. The zero-order valence-corrected chi connectivity index (χ0v) is 11.9. The lowest BCUT2D eigenvalue weighted by atomic mass is 10.2. The van der Waals surface area contributed by atoms with E-state index in [0.717, 1.165) is 18.8 Å². The normalized spacial score (nSPS) is 18.6. The van der Waals surface area contributed by atoms with Crippen LogP contribution in [0.3, 0.4) is 0 Å². The first-order chi connectivity index (χ1) is 9.25. The number of carbonyl (C=O) groups is 1. The van der Waals surface area contributed by atoms with Crippen LogP contribution < -0.4 is 5.32 Å². The topological polar surface area (TPSA) is 74.2 Å². The molecule has 1 atom stereocenters. The molecule has 20 heavy (non-hydrogen) atoms. The summed E-state index contributed by atoms with van der Waals surface area (Å²) in [6.07, 6.45) is 1.59. The molecule has 108 valence electrons. The molecule has 3 rings (SSSR count). The molecule has 2 aromatic rings. The highest BCUT2D eigenvalue weighted by molar-refractivity contribution is 5.93. The first-order valence-corrected chi connectivity index (χ1v) is 6.36. The lowest BCUT2D eigenvalue weighted by Crippen LogP contribution is -2.52. The summed E-state index contributed by atoms with van der Waals surface area (Å²) in [7, 11) is 0. The molecule has 1 aliphatic rings. The third-order valence-electron chi connectivity index (χ3n) is 3.35. The third kappa shape index (κ3) is 2.71. The number of hydrogen-bond donors (Lipinski definition) is 2. The molecular formula is C13H17ClN4O2. The zero-order valence-electron chi connectivity index (χ0n) is 11.1. The number of halogens is 1. The van der Waals surface area contributed by atoms with Gasteiger partial charge in [-0.05, 0) is 19.1 Å². The van der Waals surface area contributed by atoms with Crippen LogP contribution >= 0.6 is 12.4 Å². The Kier molecular flexibility index (Phi) is 4.46. The average Bonchev–Trinajstić information content (AvgIpc) is 3.09. The molecule has 1 aliphatic heterocycles. The second-order valence-corrected chi connectivity index (χ2v) is 4.70. The van der Waals surface area contributed by atoms with E-state index in [1.807, 2.05) is 17.9 Å². The van der Waals surface area contributed by atoms with Crippen molar-refractivity contribution >= 4 is 18.3 Å². The minimum Gasteiger partial charge on any atom is -0.463 e. The number of piperazine rings is 1. The van der Waals surface area contributed by atoms with E-state index in [1.54, 1.807) is 18.4 Å². The maximum atomic E-state index is 12.4. The second kappa shape index (κ2) is 6.11. The van der Waals surface area contributed by atoms with E-state index in [1.165, 1.54) is 0 Å². The molecule has 1 saturated heterocycles. The van der Waals surface area contributed by atoms with Crippen molar-refractivity contribution < 1.29 is 9.21 Å². The number of furan rings is 1. The van der Waals surface area contributed by atoms with Crippen LogP contribution in [-0.2, 0) is 0 Å².